The lowest BCUT2D eigenvalue weighted by atomic mass is 10.2. The third-order valence-electron chi connectivity index (χ3n) is 3.36. The Morgan fingerprint density at radius 3 is 3.11 bits per heavy atom. The molecule has 0 aliphatic carbocycles. The maximum atomic E-state index is 13.3. The van der Waals surface area contributed by atoms with E-state index in [0.717, 1.165) is 28.3 Å². The first-order valence-electron chi connectivity index (χ1n) is 6.12. The molecular formula is C14H11FN2S2. The monoisotopic (exact) mass is 290 g/mol. The van der Waals surface area contributed by atoms with Gasteiger partial charge >= 0.3 is 0 Å². The molecule has 4 rings (SSSR count). The Kier molecular flexibility index (Phi) is 2.47. The molecule has 2 aromatic rings. The summed E-state index contributed by atoms with van der Waals surface area (Å²) in [7, 11) is 0. The van der Waals surface area contributed by atoms with Crippen molar-refractivity contribution >= 4 is 44.0 Å². The van der Waals surface area contributed by atoms with E-state index in [9.17, 15) is 4.39 Å². The van der Waals surface area contributed by atoms with Crippen LogP contribution in [0.25, 0.3) is 15.8 Å². The molecule has 2 aliphatic heterocycles. The van der Waals surface area contributed by atoms with E-state index in [1.807, 2.05) is 6.07 Å². The van der Waals surface area contributed by atoms with Crippen LogP contribution in [0, 0.1) is 5.82 Å². The second-order valence-corrected chi connectivity index (χ2v) is 6.88. The first-order valence-corrected chi connectivity index (χ1v) is 7.76. The lowest BCUT2D eigenvalue weighted by molar-refractivity contribution is 0.630. The second-order valence-electron chi connectivity index (χ2n) is 4.62. The van der Waals surface area contributed by atoms with Crippen LogP contribution in [-0.4, -0.2) is 23.2 Å². The Bertz CT molecular complexity index is 745. The Balaban J connectivity index is 1.86. The molecule has 0 spiro atoms. The molecule has 0 radical (unpaired) electrons. The number of allylic oxidation sites excluding steroid dienone is 1. The van der Waals surface area contributed by atoms with E-state index < -0.39 is 0 Å². The molecule has 0 saturated heterocycles. The molecule has 0 atom stereocenters. The summed E-state index contributed by atoms with van der Waals surface area (Å²) in [4.78, 5) is 9.27. The molecule has 0 fully saturated rings. The summed E-state index contributed by atoms with van der Waals surface area (Å²) in [6.07, 6.45) is 0. The van der Waals surface area contributed by atoms with Crippen molar-refractivity contribution in [2.45, 2.75) is 6.92 Å². The first-order chi connectivity index (χ1) is 9.22. The molecule has 96 valence electrons. The molecule has 1 aromatic carbocycles. The summed E-state index contributed by atoms with van der Waals surface area (Å²) in [6.45, 7) is 3.96. The van der Waals surface area contributed by atoms with E-state index in [-0.39, 0.29) is 5.82 Å². The van der Waals surface area contributed by atoms with Crippen LogP contribution >= 0.6 is 23.1 Å². The zero-order valence-corrected chi connectivity index (χ0v) is 11.9. The highest BCUT2D eigenvalue weighted by Gasteiger charge is 2.31. The molecule has 0 bridgehead atoms. The average molecular weight is 290 g/mol. The normalized spacial score (nSPS) is 18.4. The number of benzene rings is 1. The summed E-state index contributed by atoms with van der Waals surface area (Å²) >= 11 is 3.39. The average Bonchev–Trinajstić information content (AvgIpc) is 3.01. The molecule has 2 aliphatic rings. The van der Waals surface area contributed by atoms with Crippen molar-refractivity contribution in [1.82, 2.24) is 4.90 Å². The fraction of sp³-hybridized carbons (Fsp3) is 0.214. The molecule has 2 nitrogen and oxygen atoms in total. The minimum absolute atomic E-state index is 0.171. The summed E-state index contributed by atoms with van der Waals surface area (Å²) in [6, 6.07) is 7.13. The van der Waals surface area contributed by atoms with Crippen molar-refractivity contribution < 1.29 is 4.39 Å². The molecule has 3 heterocycles. The SMILES string of the molecule is CC1=C(c2cc3ccc(F)cc3s2)N2CCN=C2S1. The predicted octanol–water partition coefficient (Wildman–Crippen LogP) is 4.15. The van der Waals surface area contributed by atoms with E-state index in [2.05, 4.69) is 22.9 Å². The van der Waals surface area contributed by atoms with Crippen LogP contribution in [0.2, 0.25) is 0 Å². The van der Waals surface area contributed by atoms with Gasteiger partial charge in [0.2, 0.25) is 0 Å². The van der Waals surface area contributed by atoms with Crippen molar-refractivity contribution in [1.29, 1.82) is 0 Å². The van der Waals surface area contributed by atoms with Crippen molar-refractivity contribution in [2.24, 2.45) is 4.99 Å². The molecule has 5 heteroatoms. The number of halogens is 1. The van der Waals surface area contributed by atoms with Gasteiger partial charge in [0.1, 0.15) is 5.82 Å². The number of fused-ring (bicyclic) bond motifs is 2. The molecule has 19 heavy (non-hydrogen) atoms. The second kappa shape index (κ2) is 4.08. The summed E-state index contributed by atoms with van der Waals surface area (Å²) in [5.74, 6) is -0.171. The fourth-order valence-electron chi connectivity index (χ4n) is 2.52. The van der Waals surface area contributed by atoms with Gasteiger partial charge in [0.25, 0.3) is 0 Å². The summed E-state index contributed by atoms with van der Waals surface area (Å²) in [5.41, 5.74) is 1.25. The van der Waals surface area contributed by atoms with E-state index in [0.29, 0.717) is 0 Å². The molecular weight excluding hydrogens is 279 g/mol. The number of rotatable bonds is 1. The van der Waals surface area contributed by atoms with E-state index in [1.54, 1.807) is 29.2 Å². The minimum Gasteiger partial charge on any atom is -0.317 e. The number of amidine groups is 1. The van der Waals surface area contributed by atoms with Crippen LogP contribution in [0.5, 0.6) is 0 Å². The van der Waals surface area contributed by atoms with Gasteiger partial charge in [-0.15, -0.1) is 11.3 Å². The Morgan fingerprint density at radius 2 is 2.21 bits per heavy atom. The standard InChI is InChI=1S/C14H11FN2S2/c1-8-13(17-5-4-16-14(17)18-8)12-6-9-2-3-10(15)7-11(9)19-12/h2-3,6-7H,4-5H2,1H3. The van der Waals surface area contributed by atoms with E-state index >= 15 is 0 Å². The first kappa shape index (κ1) is 11.5. The van der Waals surface area contributed by atoms with E-state index in [4.69, 9.17) is 0 Å². The van der Waals surface area contributed by atoms with Crippen molar-refractivity contribution in [3.05, 3.63) is 39.9 Å². The van der Waals surface area contributed by atoms with Gasteiger partial charge in [-0.1, -0.05) is 17.8 Å². The molecule has 0 unspecified atom stereocenters. The maximum absolute atomic E-state index is 13.3. The lowest BCUT2D eigenvalue weighted by Gasteiger charge is -2.15. The van der Waals surface area contributed by atoms with Crippen LogP contribution < -0.4 is 0 Å². The maximum Gasteiger partial charge on any atom is 0.168 e. The van der Waals surface area contributed by atoms with Crippen LogP contribution in [-0.2, 0) is 0 Å². The van der Waals surface area contributed by atoms with Crippen LogP contribution in [0.3, 0.4) is 0 Å². The number of aliphatic imine (C=N–C) groups is 1. The van der Waals surface area contributed by atoms with Crippen molar-refractivity contribution in [3.63, 3.8) is 0 Å². The number of hydrogen-bond acceptors (Lipinski definition) is 4. The quantitative estimate of drug-likeness (QED) is 0.784. The molecule has 0 N–H and O–H groups in total. The summed E-state index contributed by atoms with van der Waals surface area (Å²) in [5, 5.41) is 2.22. The van der Waals surface area contributed by atoms with Crippen molar-refractivity contribution in [3.8, 4) is 0 Å². The van der Waals surface area contributed by atoms with Crippen LogP contribution in [0.4, 0.5) is 4.39 Å². The lowest BCUT2D eigenvalue weighted by Crippen LogP contribution is -2.19. The van der Waals surface area contributed by atoms with Crippen molar-refractivity contribution in [2.75, 3.05) is 13.1 Å². The third kappa shape index (κ3) is 1.72. The number of hydrogen-bond donors (Lipinski definition) is 0. The Labute approximate surface area is 118 Å². The molecule has 0 amide bonds. The number of thiophene rings is 1. The van der Waals surface area contributed by atoms with Gasteiger partial charge in [-0.2, -0.15) is 0 Å². The minimum atomic E-state index is -0.171. The van der Waals surface area contributed by atoms with Crippen LogP contribution in [0.15, 0.2) is 34.2 Å². The van der Waals surface area contributed by atoms with Gasteiger partial charge in [-0.05, 0) is 30.5 Å². The summed E-state index contributed by atoms with van der Waals surface area (Å²) < 4.78 is 14.3. The van der Waals surface area contributed by atoms with E-state index in [1.165, 1.54) is 21.5 Å². The molecule has 1 aromatic heterocycles. The highest BCUT2D eigenvalue weighted by atomic mass is 32.2. The largest absolute Gasteiger partial charge is 0.317 e. The van der Waals surface area contributed by atoms with Gasteiger partial charge in [0.05, 0.1) is 17.1 Å². The fourth-order valence-corrected chi connectivity index (χ4v) is 4.83. The number of nitrogens with zero attached hydrogens (tertiary/aromatic N) is 2. The van der Waals surface area contributed by atoms with Gasteiger partial charge < -0.3 is 4.90 Å². The van der Waals surface area contributed by atoms with Gasteiger partial charge in [0.15, 0.2) is 5.17 Å². The highest BCUT2D eigenvalue weighted by Crippen LogP contribution is 2.44. The zero-order chi connectivity index (χ0) is 13.0. The Morgan fingerprint density at radius 1 is 1.32 bits per heavy atom. The topological polar surface area (TPSA) is 15.6 Å². The zero-order valence-electron chi connectivity index (χ0n) is 10.3. The van der Waals surface area contributed by atoms with Crippen LogP contribution in [0.1, 0.15) is 11.8 Å². The Hall–Kier alpha value is -1.33. The third-order valence-corrected chi connectivity index (χ3v) is 5.50. The van der Waals surface area contributed by atoms with Gasteiger partial charge in [0, 0.05) is 16.1 Å². The van der Waals surface area contributed by atoms with Gasteiger partial charge in [-0.25, -0.2) is 4.39 Å². The smallest absolute Gasteiger partial charge is 0.168 e. The highest BCUT2D eigenvalue weighted by molar-refractivity contribution is 8.17. The molecule has 0 saturated carbocycles. The predicted molar refractivity (Wildman–Crippen MR) is 81.0 cm³/mol. The number of thioether (sulfide) groups is 1. The van der Waals surface area contributed by atoms with Gasteiger partial charge in [-0.3, -0.25) is 4.99 Å².